The van der Waals surface area contributed by atoms with Crippen molar-refractivity contribution < 1.29 is 14.0 Å². The number of nitrogens with zero attached hydrogens (tertiary/aromatic N) is 1. The highest BCUT2D eigenvalue weighted by atomic mass is 19.1. The van der Waals surface area contributed by atoms with Crippen LogP contribution in [0.25, 0.3) is 11.1 Å². The summed E-state index contributed by atoms with van der Waals surface area (Å²) in [6.07, 6.45) is 0.626. The minimum absolute atomic E-state index is 0.152. The van der Waals surface area contributed by atoms with Gasteiger partial charge in [-0.2, -0.15) is 5.10 Å². The molecule has 3 rings (SSSR count). The van der Waals surface area contributed by atoms with E-state index in [1.54, 1.807) is 0 Å². The van der Waals surface area contributed by atoms with Gasteiger partial charge in [-0.25, -0.2) is 9.82 Å². The lowest BCUT2D eigenvalue weighted by Gasteiger charge is -2.08. The molecule has 0 fully saturated rings. The van der Waals surface area contributed by atoms with Crippen LogP contribution in [0.5, 0.6) is 0 Å². The van der Waals surface area contributed by atoms with Crippen molar-refractivity contribution in [2.75, 3.05) is 6.54 Å². The number of hydrogen-bond donors (Lipinski definition) is 2. The van der Waals surface area contributed by atoms with Crippen LogP contribution in [-0.2, 0) is 4.79 Å². The molecule has 0 saturated carbocycles. The van der Waals surface area contributed by atoms with Crippen molar-refractivity contribution in [3.05, 3.63) is 95.8 Å². The predicted molar refractivity (Wildman–Crippen MR) is 116 cm³/mol. The van der Waals surface area contributed by atoms with E-state index in [1.165, 1.54) is 18.2 Å². The molecular formula is C24H22FN3O2. The van der Waals surface area contributed by atoms with Crippen LogP contribution in [0, 0.1) is 5.82 Å². The van der Waals surface area contributed by atoms with Gasteiger partial charge in [-0.3, -0.25) is 9.59 Å². The van der Waals surface area contributed by atoms with E-state index in [-0.39, 0.29) is 12.1 Å². The van der Waals surface area contributed by atoms with E-state index in [1.807, 2.05) is 61.5 Å². The molecule has 3 aromatic rings. The van der Waals surface area contributed by atoms with Gasteiger partial charge in [0, 0.05) is 5.56 Å². The normalized spacial score (nSPS) is 11.1. The van der Waals surface area contributed by atoms with Crippen LogP contribution in [0.3, 0.4) is 0 Å². The Morgan fingerprint density at radius 1 is 0.867 bits per heavy atom. The van der Waals surface area contributed by atoms with Crippen molar-refractivity contribution in [1.82, 2.24) is 10.7 Å². The summed E-state index contributed by atoms with van der Waals surface area (Å²) in [4.78, 5) is 24.0. The Morgan fingerprint density at radius 2 is 1.57 bits per heavy atom. The molecule has 5 nitrogen and oxygen atoms in total. The van der Waals surface area contributed by atoms with Gasteiger partial charge in [-0.15, -0.1) is 0 Å². The van der Waals surface area contributed by atoms with Crippen molar-refractivity contribution in [1.29, 1.82) is 0 Å². The van der Waals surface area contributed by atoms with Crippen LogP contribution in [-0.4, -0.2) is 24.1 Å². The van der Waals surface area contributed by atoms with Gasteiger partial charge in [0.1, 0.15) is 5.82 Å². The molecule has 152 valence electrons. The second-order valence-electron chi connectivity index (χ2n) is 6.58. The monoisotopic (exact) mass is 403 g/mol. The summed E-state index contributed by atoms with van der Waals surface area (Å²) in [5, 5.41) is 6.63. The first kappa shape index (κ1) is 20.9. The minimum Gasteiger partial charge on any atom is -0.343 e. The maximum absolute atomic E-state index is 13.2. The fraction of sp³-hybridized carbons (Fsp3) is 0.125. The topological polar surface area (TPSA) is 70.6 Å². The first-order valence-electron chi connectivity index (χ1n) is 9.62. The van der Waals surface area contributed by atoms with E-state index in [4.69, 9.17) is 0 Å². The Balaban J connectivity index is 1.58. The fourth-order valence-electron chi connectivity index (χ4n) is 2.90. The number of carbonyl (C=O) groups excluding carboxylic acids is 2. The smallest absolute Gasteiger partial charge is 0.259 e. The molecule has 0 heterocycles. The SMILES string of the molecule is CC/C(=N\NC(=O)CNC(=O)c1cccc(F)c1)c1ccc(-c2ccccc2)cc1. The van der Waals surface area contributed by atoms with Crippen LogP contribution in [0.4, 0.5) is 4.39 Å². The third kappa shape index (κ3) is 5.61. The van der Waals surface area contributed by atoms with Crippen LogP contribution < -0.4 is 10.7 Å². The van der Waals surface area contributed by atoms with Crippen molar-refractivity contribution in [2.24, 2.45) is 5.10 Å². The summed E-state index contributed by atoms with van der Waals surface area (Å²) >= 11 is 0. The molecular weight excluding hydrogens is 381 g/mol. The standard InChI is InChI=1S/C24H22FN3O2/c1-2-22(19-13-11-18(12-14-19)17-7-4-3-5-8-17)27-28-23(29)16-26-24(30)20-9-6-10-21(25)15-20/h3-15H,2,16H2,1H3,(H,26,30)(H,28,29)/b27-22+. The average molecular weight is 403 g/mol. The summed E-state index contributed by atoms with van der Waals surface area (Å²) in [6, 6.07) is 23.3. The maximum Gasteiger partial charge on any atom is 0.259 e. The Bertz CT molecular complexity index is 1050. The first-order chi connectivity index (χ1) is 14.6. The van der Waals surface area contributed by atoms with Gasteiger partial charge in [-0.1, -0.05) is 67.6 Å². The number of hydrazone groups is 1. The Morgan fingerprint density at radius 3 is 2.23 bits per heavy atom. The molecule has 0 aromatic heterocycles. The molecule has 2 N–H and O–H groups in total. The van der Waals surface area contributed by atoms with Crippen molar-refractivity contribution in [2.45, 2.75) is 13.3 Å². The number of carbonyl (C=O) groups is 2. The number of amides is 2. The van der Waals surface area contributed by atoms with Crippen molar-refractivity contribution >= 4 is 17.5 Å². The van der Waals surface area contributed by atoms with Crippen LogP contribution in [0.15, 0.2) is 84.0 Å². The summed E-state index contributed by atoms with van der Waals surface area (Å²) in [7, 11) is 0. The average Bonchev–Trinajstić information content (AvgIpc) is 2.79. The van der Waals surface area contributed by atoms with Crippen molar-refractivity contribution in [3.63, 3.8) is 0 Å². The van der Waals surface area contributed by atoms with Gasteiger partial charge in [0.15, 0.2) is 0 Å². The molecule has 0 aliphatic rings. The molecule has 6 heteroatoms. The lowest BCUT2D eigenvalue weighted by molar-refractivity contribution is -0.120. The van der Waals surface area contributed by atoms with Gasteiger partial charge in [0.2, 0.25) is 0 Å². The maximum atomic E-state index is 13.2. The molecule has 30 heavy (non-hydrogen) atoms. The number of benzene rings is 3. The number of rotatable bonds is 7. The van der Waals surface area contributed by atoms with Crippen molar-refractivity contribution in [3.8, 4) is 11.1 Å². The third-order valence-corrected chi connectivity index (χ3v) is 4.47. The van der Waals surface area contributed by atoms with Gasteiger partial charge < -0.3 is 5.32 Å². The summed E-state index contributed by atoms with van der Waals surface area (Å²) < 4.78 is 13.2. The minimum atomic E-state index is -0.527. The van der Waals surface area contributed by atoms with E-state index in [0.29, 0.717) is 6.42 Å². The second kappa shape index (κ2) is 10.1. The number of halogens is 1. The van der Waals surface area contributed by atoms with E-state index in [9.17, 15) is 14.0 Å². The molecule has 0 radical (unpaired) electrons. The molecule has 2 amide bonds. The first-order valence-corrected chi connectivity index (χ1v) is 9.62. The molecule has 0 unspecified atom stereocenters. The van der Waals surface area contributed by atoms with Crippen LogP contribution >= 0.6 is 0 Å². The number of hydrogen-bond acceptors (Lipinski definition) is 3. The van der Waals surface area contributed by atoms with Crippen LogP contribution in [0.2, 0.25) is 0 Å². The molecule has 0 bridgehead atoms. The van der Waals surface area contributed by atoms with E-state index in [0.717, 1.165) is 28.5 Å². The van der Waals surface area contributed by atoms with Gasteiger partial charge in [0.25, 0.3) is 11.8 Å². The van der Waals surface area contributed by atoms with Crippen LogP contribution in [0.1, 0.15) is 29.3 Å². The highest BCUT2D eigenvalue weighted by molar-refractivity contribution is 6.01. The molecule has 0 saturated heterocycles. The molecule has 3 aromatic carbocycles. The van der Waals surface area contributed by atoms with Gasteiger partial charge in [-0.05, 0) is 41.3 Å². The van der Waals surface area contributed by atoms with E-state index >= 15 is 0 Å². The molecule has 0 aliphatic carbocycles. The fourth-order valence-corrected chi connectivity index (χ4v) is 2.90. The quantitative estimate of drug-likeness (QED) is 0.460. The lowest BCUT2D eigenvalue weighted by atomic mass is 10.0. The zero-order chi connectivity index (χ0) is 21.3. The summed E-state index contributed by atoms with van der Waals surface area (Å²) in [5.74, 6) is -1.50. The zero-order valence-electron chi connectivity index (χ0n) is 16.6. The highest BCUT2D eigenvalue weighted by Crippen LogP contribution is 2.19. The van der Waals surface area contributed by atoms with E-state index in [2.05, 4.69) is 15.8 Å². The van der Waals surface area contributed by atoms with E-state index < -0.39 is 17.6 Å². The molecule has 0 aliphatic heterocycles. The second-order valence-corrected chi connectivity index (χ2v) is 6.58. The third-order valence-electron chi connectivity index (χ3n) is 4.47. The van der Waals surface area contributed by atoms with Gasteiger partial charge in [0.05, 0.1) is 12.3 Å². The lowest BCUT2D eigenvalue weighted by Crippen LogP contribution is -2.35. The Hall–Kier alpha value is -3.80. The zero-order valence-corrected chi connectivity index (χ0v) is 16.6. The highest BCUT2D eigenvalue weighted by Gasteiger charge is 2.09. The number of nitrogens with one attached hydrogen (secondary N) is 2. The molecule has 0 spiro atoms. The van der Waals surface area contributed by atoms with Gasteiger partial charge >= 0.3 is 0 Å². The Labute approximate surface area is 174 Å². The Kier molecular flexibility index (Phi) is 7.05. The molecule has 0 atom stereocenters. The largest absolute Gasteiger partial charge is 0.343 e. The summed E-state index contributed by atoms with van der Waals surface area (Å²) in [5.41, 5.74) is 6.46. The summed E-state index contributed by atoms with van der Waals surface area (Å²) in [6.45, 7) is 1.69. The predicted octanol–water partition coefficient (Wildman–Crippen LogP) is 4.15.